The number of aliphatic hydroxyl groups excluding tert-OH is 8. The molecule has 2 rings (SSSR count). The minimum Gasteiger partial charge on any atom is -0.478 e. The average molecular weight is 632 g/mol. The predicted octanol–water partition coefficient (Wildman–Crippen LogP) is -4.67. The fraction of sp³-hybridized carbons (Fsp3) is 0.480. The summed E-state index contributed by atoms with van der Waals surface area (Å²) in [5, 5.41) is 107. The molecule has 0 aliphatic rings. The number of carboxylic acid groups (broad SMARTS) is 3. The van der Waals surface area contributed by atoms with Crippen LogP contribution in [-0.4, -0.2) is 177 Å². The van der Waals surface area contributed by atoms with Gasteiger partial charge in [0, 0.05) is 32.4 Å². The number of pyridine rings is 1. The Hall–Kier alpha value is -4.21. The van der Waals surface area contributed by atoms with Gasteiger partial charge in [-0.25, -0.2) is 14.4 Å². The van der Waals surface area contributed by atoms with Crippen LogP contribution in [0, 0.1) is 0 Å². The van der Waals surface area contributed by atoms with Gasteiger partial charge >= 0.3 is 17.9 Å². The Balaban J connectivity index is 3.07. The van der Waals surface area contributed by atoms with Gasteiger partial charge in [-0.15, -0.1) is 0 Å². The molecule has 0 aliphatic heterocycles. The topological polar surface area (TPSA) is 319 Å². The predicted molar refractivity (Wildman–Crippen MR) is 142 cm³/mol. The van der Waals surface area contributed by atoms with Crippen LogP contribution in [0.15, 0.2) is 12.3 Å². The molecule has 2 aromatic heterocycles. The van der Waals surface area contributed by atoms with Gasteiger partial charge in [0.1, 0.15) is 5.69 Å². The van der Waals surface area contributed by atoms with Crippen LogP contribution in [0.25, 0.3) is 5.52 Å². The summed E-state index contributed by atoms with van der Waals surface area (Å²) in [5.74, 6) is -8.46. The molecular weight excluding hydrogens is 598 g/mol. The second-order valence-electron chi connectivity index (χ2n) is 9.64. The van der Waals surface area contributed by atoms with Gasteiger partial charge in [-0.05, 0) is 6.07 Å². The molecule has 19 heteroatoms. The van der Waals surface area contributed by atoms with E-state index < -0.39 is 140 Å². The number of aliphatic hydroxyl groups is 8. The first kappa shape index (κ1) is 36.0. The van der Waals surface area contributed by atoms with Crippen molar-refractivity contribution in [1.29, 1.82) is 0 Å². The number of rotatable bonds is 17. The monoisotopic (exact) mass is 631 g/mol. The lowest BCUT2D eigenvalue weighted by atomic mass is 10.0. The molecule has 19 nitrogen and oxygen atoms in total. The summed E-state index contributed by atoms with van der Waals surface area (Å²) >= 11 is 0. The van der Waals surface area contributed by atoms with E-state index in [-0.39, 0.29) is 0 Å². The zero-order valence-corrected chi connectivity index (χ0v) is 22.9. The van der Waals surface area contributed by atoms with E-state index in [0.717, 1.165) is 6.07 Å². The lowest BCUT2D eigenvalue weighted by Crippen LogP contribution is -2.46. The smallest absolute Gasteiger partial charge is 0.338 e. The quantitative estimate of drug-likeness (QED) is 0.0781. The summed E-state index contributed by atoms with van der Waals surface area (Å²) in [6.45, 7) is -6.49. The Bertz CT molecular complexity index is 1370. The van der Waals surface area contributed by atoms with Crippen molar-refractivity contribution in [2.24, 2.45) is 0 Å². The lowest BCUT2D eigenvalue weighted by Gasteiger charge is -2.29. The highest BCUT2D eigenvalue weighted by Gasteiger charge is 2.36. The Morgan fingerprint density at radius 2 is 0.977 bits per heavy atom. The molecule has 0 aliphatic carbocycles. The van der Waals surface area contributed by atoms with Crippen molar-refractivity contribution in [2.75, 3.05) is 52.6 Å². The van der Waals surface area contributed by atoms with Gasteiger partial charge in [-0.1, -0.05) is 0 Å². The second-order valence-corrected chi connectivity index (χ2v) is 9.64. The summed E-state index contributed by atoms with van der Waals surface area (Å²) < 4.78 is 0.585. The number of carbonyl (C=O) groups is 5. The summed E-state index contributed by atoms with van der Waals surface area (Å²) in [5.41, 5.74) is -5.76. The molecule has 0 aromatic carbocycles. The SMILES string of the molecule is O=C(O)c1cn2c(C(=O)N(CC(O)CO)CC(O)CO)c(C(=O)N(CC(O)CO)CC(O)CO)cc2c(C(=O)O)c1C(=O)O. The molecular formula is C25H33N3O16. The van der Waals surface area contributed by atoms with Gasteiger partial charge < -0.3 is 70.4 Å². The number of carboxylic acids is 3. The van der Waals surface area contributed by atoms with Crippen molar-refractivity contribution in [3.63, 3.8) is 0 Å². The summed E-state index contributed by atoms with van der Waals surface area (Å²) in [6, 6.07) is 0.726. The molecule has 244 valence electrons. The van der Waals surface area contributed by atoms with E-state index in [4.69, 9.17) is 0 Å². The number of hydrogen-bond donors (Lipinski definition) is 11. The van der Waals surface area contributed by atoms with Crippen LogP contribution >= 0.6 is 0 Å². The number of aromatic nitrogens is 1. The van der Waals surface area contributed by atoms with Crippen LogP contribution in [0.4, 0.5) is 0 Å². The van der Waals surface area contributed by atoms with E-state index in [0.29, 0.717) is 20.4 Å². The van der Waals surface area contributed by atoms with Gasteiger partial charge in [0.2, 0.25) is 0 Å². The molecule has 2 aromatic rings. The van der Waals surface area contributed by atoms with Gasteiger partial charge in [-0.3, -0.25) is 9.59 Å². The van der Waals surface area contributed by atoms with Gasteiger partial charge in [0.25, 0.3) is 11.8 Å². The van der Waals surface area contributed by atoms with E-state index >= 15 is 0 Å². The molecule has 2 amide bonds. The standard InChI is InChI=1S/C25H33N3O16/c29-7-11(33)2-26(3-12(34)8-30)21(37)15-1-17-19(25(43)44)18(24(41)42)16(23(39)40)6-28(17)20(15)22(38)27(4-13(35)9-31)5-14(36)10-32/h1,6,11-14,29-36H,2-5,7-10H2,(H,39,40)(H,41,42)(H,43,44). The summed E-state index contributed by atoms with van der Waals surface area (Å²) in [7, 11) is 0. The zero-order valence-electron chi connectivity index (χ0n) is 22.9. The van der Waals surface area contributed by atoms with Crippen molar-refractivity contribution in [2.45, 2.75) is 24.4 Å². The van der Waals surface area contributed by atoms with Crippen LogP contribution < -0.4 is 0 Å². The minimum atomic E-state index is -1.98. The number of amides is 2. The Kier molecular flexibility index (Phi) is 12.7. The fourth-order valence-corrected chi connectivity index (χ4v) is 4.34. The summed E-state index contributed by atoms with van der Waals surface area (Å²) in [6.07, 6.45) is -5.98. The van der Waals surface area contributed by atoms with E-state index in [1.165, 1.54) is 0 Å². The molecule has 0 saturated carbocycles. The Morgan fingerprint density at radius 1 is 0.591 bits per heavy atom. The maximum atomic E-state index is 14.0. The molecule has 4 atom stereocenters. The van der Waals surface area contributed by atoms with Crippen LogP contribution in [0.5, 0.6) is 0 Å². The molecule has 0 bridgehead atoms. The highest BCUT2D eigenvalue weighted by atomic mass is 16.4. The number of carbonyl (C=O) groups excluding carboxylic acids is 2. The third-order valence-corrected chi connectivity index (χ3v) is 6.30. The number of fused-ring (bicyclic) bond motifs is 1. The van der Waals surface area contributed by atoms with Crippen molar-refractivity contribution >= 4 is 35.2 Å². The largest absolute Gasteiger partial charge is 0.478 e. The first-order chi connectivity index (χ1) is 20.6. The molecule has 0 fully saturated rings. The summed E-state index contributed by atoms with van der Waals surface area (Å²) in [4.78, 5) is 65.4. The molecule has 0 spiro atoms. The van der Waals surface area contributed by atoms with Crippen LogP contribution in [0.1, 0.15) is 51.9 Å². The molecule has 0 radical (unpaired) electrons. The van der Waals surface area contributed by atoms with Crippen molar-refractivity contribution in [3.05, 3.63) is 40.2 Å². The minimum absolute atomic E-state index is 0.552. The highest BCUT2D eigenvalue weighted by Crippen LogP contribution is 2.29. The van der Waals surface area contributed by atoms with E-state index in [1.807, 2.05) is 0 Å². The van der Waals surface area contributed by atoms with Crippen LogP contribution in [0.3, 0.4) is 0 Å². The molecule has 2 heterocycles. The molecule has 11 N–H and O–H groups in total. The normalized spacial score (nSPS) is 14.1. The maximum absolute atomic E-state index is 14.0. The average Bonchev–Trinajstić information content (AvgIpc) is 3.36. The second kappa shape index (κ2) is 15.5. The zero-order chi connectivity index (χ0) is 33.5. The van der Waals surface area contributed by atoms with E-state index in [1.54, 1.807) is 0 Å². The maximum Gasteiger partial charge on any atom is 0.338 e. The number of nitrogens with zero attached hydrogens (tertiary/aromatic N) is 3. The molecule has 44 heavy (non-hydrogen) atoms. The Labute approximate surface area is 247 Å². The van der Waals surface area contributed by atoms with Gasteiger partial charge in [0.15, 0.2) is 0 Å². The van der Waals surface area contributed by atoms with Crippen molar-refractivity contribution in [3.8, 4) is 0 Å². The van der Waals surface area contributed by atoms with Gasteiger partial charge in [0.05, 0.1) is 78.6 Å². The Morgan fingerprint density at radius 3 is 1.32 bits per heavy atom. The number of aromatic carboxylic acids is 3. The highest BCUT2D eigenvalue weighted by molar-refractivity contribution is 6.15. The van der Waals surface area contributed by atoms with E-state index in [2.05, 4.69) is 0 Å². The molecule has 0 saturated heterocycles. The van der Waals surface area contributed by atoms with Crippen LogP contribution in [-0.2, 0) is 0 Å². The first-order valence-electron chi connectivity index (χ1n) is 12.8. The molecule has 4 unspecified atom stereocenters. The first-order valence-corrected chi connectivity index (χ1v) is 12.8. The van der Waals surface area contributed by atoms with Crippen molar-refractivity contribution in [1.82, 2.24) is 14.2 Å². The van der Waals surface area contributed by atoms with Gasteiger partial charge in [-0.2, -0.15) is 0 Å². The fourth-order valence-electron chi connectivity index (χ4n) is 4.34. The van der Waals surface area contributed by atoms with Crippen LogP contribution in [0.2, 0.25) is 0 Å². The van der Waals surface area contributed by atoms with E-state index in [9.17, 15) is 80.1 Å². The third-order valence-electron chi connectivity index (χ3n) is 6.30. The number of hydrogen-bond acceptors (Lipinski definition) is 13. The lowest BCUT2D eigenvalue weighted by molar-refractivity contribution is 0.0190. The van der Waals surface area contributed by atoms with Crippen molar-refractivity contribution < 1.29 is 80.1 Å². The third kappa shape index (κ3) is 8.03.